The number of aromatic nitrogens is 3. The Morgan fingerprint density at radius 2 is 2.05 bits per heavy atom. The van der Waals surface area contributed by atoms with Gasteiger partial charge in [0.15, 0.2) is 6.19 Å². The number of ether oxygens (including phenoxy) is 1. The number of rotatable bonds is 6. The summed E-state index contributed by atoms with van der Waals surface area (Å²) in [5.41, 5.74) is 3.83. The highest BCUT2D eigenvalue weighted by molar-refractivity contribution is 7.13. The second kappa shape index (κ2) is 10.2. The summed E-state index contributed by atoms with van der Waals surface area (Å²) in [5.74, 6) is 6.30. The quantitative estimate of drug-likeness (QED) is 0.178. The van der Waals surface area contributed by atoms with Gasteiger partial charge in [0.05, 0.1) is 22.7 Å². The van der Waals surface area contributed by atoms with Gasteiger partial charge in [-0.25, -0.2) is 4.98 Å². The molecule has 1 fully saturated rings. The molecule has 11 heteroatoms. The first-order valence-corrected chi connectivity index (χ1v) is 12.7. The highest BCUT2D eigenvalue weighted by Gasteiger charge is 2.21. The number of imidazole rings is 1. The van der Waals surface area contributed by atoms with Crippen LogP contribution in [0.15, 0.2) is 52.8 Å². The van der Waals surface area contributed by atoms with Crippen molar-refractivity contribution in [3.8, 4) is 18.1 Å². The Labute approximate surface area is 218 Å². The van der Waals surface area contributed by atoms with Crippen LogP contribution in [0.3, 0.4) is 0 Å². The van der Waals surface area contributed by atoms with E-state index in [0.29, 0.717) is 47.3 Å². The van der Waals surface area contributed by atoms with Crippen molar-refractivity contribution in [2.75, 3.05) is 13.1 Å². The van der Waals surface area contributed by atoms with Crippen molar-refractivity contribution in [3.63, 3.8) is 0 Å². The van der Waals surface area contributed by atoms with E-state index in [1.165, 1.54) is 17.7 Å². The molecule has 0 aliphatic carbocycles. The van der Waals surface area contributed by atoms with Crippen molar-refractivity contribution in [1.82, 2.24) is 18.7 Å². The third-order valence-corrected chi connectivity index (χ3v) is 7.43. The Bertz CT molecular complexity index is 1600. The summed E-state index contributed by atoms with van der Waals surface area (Å²) in [6.45, 7) is 5.22. The largest absolute Gasteiger partial charge is 0.471 e. The van der Waals surface area contributed by atoms with Gasteiger partial charge in [0.25, 0.3) is 0 Å². The summed E-state index contributed by atoms with van der Waals surface area (Å²) in [5, 5.41) is 23.9. The highest BCUT2D eigenvalue weighted by atomic mass is 32.1. The first kappa shape index (κ1) is 24.2. The normalized spacial score (nSPS) is 16.1. The number of hydrogen-bond acceptors (Lipinski definition) is 10. The minimum atomic E-state index is -0.324. The standard InChI is InChI=1S/C26H25N9OS/c1-16(32-20-6-8-34(15-28)9-7-20)25(33-29)19-10-23-30-14-21(12-27)35(23)24(11-19)36-17(2)22-5-3-4-18-13-31-37-26(18)22/h3-5,10-11,13-14,17,20H,6-9,29H2,1-2H3/b32-16?,33-25+. The van der Waals surface area contributed by atoms with Crippen LogP contribution in [0.5, 0.6) is 5.88 Å². The molecule has 4 aromatic rings. The van der Waals surface area contributed by atoms with Crippen molar-refractivity contribution in [2.45, 2.75) is 38.8 Å². The molecule has 0 radical (unpaired) electrons. The van der Waals surface area contributed by atoms with Crippen molar-refractivity contribution in [3.05, 3.63) is 59.5 Å². The first-order chi connectivity index (χ1) is 18.0. The number of pyridine rings is 1. The second-order valence-corrected chi connectivity index (χ2v) is 9.69. The van der Waals surface area contributed by atoms with E-state index in [1.807, 2.05) is 50.4 Å². The molecule has 10 nitrogen and oxygen atoms in total. The molecule has 0 amide bonds. The number of fused-ring (bicyclic) bond motifs is 2. The van der Waals surface area contributed by atoms with Gasteiger partial charge in [-0.3, -0.25) is 9.39 Å². The van der Waals surface area contributed by atoms with Crippen molar-refractivity contribution >= 4 is 38.7 Å². The summed E-state index contributed by atoms with van der Waals surface area (Å²) >= 11 is 1.43. The first-order valence-electron chi connectivity index (χ1n) is 11.9. The molecule has 1 atom stereocenters. The summed E-state index contributed by atoms with van der Waals surface area (Å²) in [6, 6.07) is 11.9. The molecule has 2 N–H and O–H groups in total. The van der Waals surface area contributed by atoms with Crippen molar-refractivity contribution in [2.24, 2.45) is 15.9 Å². The zero-order chi connectivity index (χ0) is 25.9. The lowest BCUT2D eigenvalue weighted by atomic mass is 10.0. The fraction of sp³-hybridized carbons (Fsp3) is 0.308. The molecule has 1 aliphatic heterocycles. The Morgan fingerprint density at radius 3 is 2.78 bits per heavy atom. The monoisotopic (exact) mass is 511 g/mol. The van der Waals surface area contributed by atoms with E-state index in [0.717, 1.165) is 28.5 Å². The molecule has 1 saturated heterocycles. The van der Waals surface area contributed by atoms with Crippen LogP contribution in [0, 0.1) is 22.8 Å². The fourth-order valence-electron chi connectivity index (χ4n) is 4.67. The topological polar surface area (TPSA) is 141 Å². The molecular formula is C26H25N9OS. The van der Waals surface area contributed by atoms with Crippen LogP contribution in [0.25, 0.3) is 15.7 Å². The molecule has 1 aromatic carbocycles. The summed E-state index contributed by atoms with van der Waals surface area (Å²) < 4.78 is 13.5. The minimum Gasteiger partial charge on any atom is -0.471 e. The number of nitrogens with zero attached hydrogens (tertiary/aromatic N) is 8. The predicted octanol–water partition coefficient (Wildman–Crippen LogP) is 4.02. The zero-order valence-electron chi connectivity index (χ0n) is 20.5. The van der Waals surface area contributed by atoms with Gasteiger partial charge in [0.1, 0.15) is 29.2 Å². The molecule has 3 aromatic heterocycles. The lowest BCUT2D eigenvalue weighted by Crippen LogP contribution is -2.32. The number of benzene rings is 1. The van der Waals surface area contributed by atoms with Gasteiger partial charge in [-0.05, 0) is 44.3 Å². The maximum absolute atomic E-state index is 9.69. The van der Waals surface area contributed by atoms with E-state index >= 15 is 0 Å². The van der Waals surface area contributed by atoms with E-state index in [1.54, 1.807) is 9.30 Å². The lowest BCUT2D eigenvalue weighted by molar-refractivity contribution is 0.216. The van der Waals surface area contributed by atoms with Crippen molar-refractivity contribution < 1.29 is 4.74 Å². The van der Waals surface area contributed by atoms with Crippen LogP contribution in [0.4, 0.5) is 0 Å². The number of hydrogen-bond donors (Lipinski definition) is 1. The number of piperidine rings is 1. The number of nitrogens with two attached hydrogens (primary N) is 1. The van der Waals surface area contributed by atoms with Crippen LogP contribution in [0.2, 0.25) is 0 Å². The minimum absolute atomic E-state index is 0.0948. The second-order valence-electron chi connectivity index (χ2n) is 8.89. The van der Waals surface area contributed by atoms with Gasteiger partial charge in [-0.2, -0.15) is 20.0 Å². The van der Waals surface area contributed by atoms with Crippen LogP contribution in [-0.4, -0.2) is 49.2 Å². The molecule has 0 bridgehead atoms. The number of hydrazone groups is 1. The van der Waals surface area contributed by atoms with E-state index in [9.17, 15) is 5.26 Å². The average Bonchev–Trinajstić information content (AvgIpc) is 3.56. The molecule has 37 heavy (non-hydrogen) atoms. The van der Waals surface area contributed by atoms with Gasteiger partial charge in [-0.1, -0.05) is 18.2 Å². The molecule has 0 saturated carbocycles. The summed E-state index contributed by atoms with van der Waals surface area (Å²) in [7, 11) is 0. The van der Waals surface area contributed by atoms with Gasteiger partial charge in [-0.15, -0.1) is 0 Å². The SMILES string of the molecule is CC(=NC1CCN(C#N)CC1)/C(=N\N)c1cc(OC(C)c2cccc3cnsc23)n2c(C#N)cnc2c1. The number of nitriles is 2. The Hall–Kier alpha value is -4.48. The van der Waals surface area contributed by atoms with Crippen LogP contribution >= 0.6 is 11.5 Å². The van der Waals surface area contributed by atoms with Crippen LogP contribution in [-0.2, 0) is 0 Å². The Balaban J connectivity index is 1.51. The fourth-order valence-corrected chi connectivity index (χ4v) is 5.51. The van der Waals surface area contributed by atoms with E-state index in [4.69, 9.17) is 20.8 Å². The Kier molecular flexibility index (Phi) is 6.71. The maximum atomic E-state index is 9.69. The third kappa shape index (κ3) is 4.69. The molecule has 1 aliphatic rings. The third-order valence-electron chi connectivity index (χ3n) is 6.56. The van der Waals surface area contributed by atoms with E-state index in [-0.39, 0.29) is 12.1 Å². The maximum Gasteiger partial charge on any atom is 0.201 e. The lowest BCUT2D eigenvalue weighted by Gasteiger charge is -2.26. The van der Waals surface area contributed by atoms with E-state index in [2.05, 4.69) is 26.7 Å². The zero-order valence-corrected chi connectivity index (χ0v) is 21.3. The average molecular weight is 512 g/mol. The molecular weight excluding hydrogens is 486 g/mol. The smallest absolute Gasteiger partial charge is 0.201 e. The van der Waals surface area contributed by atoms with E-state index < -0.39 is 0 Å². The van der Waals surface area contributed by atoms with Gasteiger partial charge < -0.3 is 15.5 Å². The number of likely N-dealkylation sites (tertiary alicyclic amines) is 1. The summed E-state index contributed by atoms with van der Waals surface area (Å²) in [4.78, 5) is 11.0. The molecule has 4 heterocycles. The van der Waals surface area contributed by atoms with Gasteiger partial charge >= 0.3 is 0 Å². The molecule has 5 rings (SSSR count). The molecule has 0 spiro atoms. The van der Waals surface area contributed by atoms with Gasteiger partial charge in [0.2, 0.25) is 5.88 Å². The highest BCUT2D eigenvalue weighted by Crippen LogP contribution is 2.31. The Morgan fingerprint density at radius 1 is 1.24 bits per heavy atom. The van der Waals surface area contributed by atoms with Crippen LogP contribution in [0.1, 0.15) is 49.6 Å². The summed E-state index contributed by atoms with van der Waals surface area (Å²) in [6.07, 6.45) is 6.82. The molecule has 186 valence electrons. The predicted molar refractivity (Wildman–Crippen MR) is 143 cm³/mol. The van der Waals surface area contributed by atoms with Crippen LogP contribution < -0.4 is 10.6 Å². The number of aliphatic imine (C=N–C) groups is 1. The van der Waals surface area contributed by atoms with Crippen molar-refractivity contribution in [1.29, 1.82) is 10.5 Å². The van der Waals surface area contributed by atoms with Gasteiger partial charge in [0, 0.05) is 41.9 Å². The molecule has 1 unspecified atom stereocenters.